The minimum atomic E-state index is 0.604. The molecule has 4 heteroatoms. The summed E-state index contributed by atoms with van der Waals surface area (Å²) in [6.45, 7) is 3.99. The molecule has 106 valence electrons. The smallest absolute Gasteiger partial charge is 0.222 e. The second-order valence-electron chi connectivity index (χ2n) is 4.96. The predicted molar refractivity (Wildman–Crippen MR) is 84.0 cm³/mol. The van der Waals surface area contributed by atoms with Crippen LogP contribution in [0.15, 0.2) is 54.6 Å². The molecule has 4 nitrogen and oxygen atoms in total. The minimum absolute atomic E-state index is 0.604. The summed E-state index contributed by atoms with van der Waals surface area (Å²) in [6.07, 6.45) is 0. The van der Waals surface area contributed by atoms with Crippen LogP contribution in [0.2, 0.25) is 0 Å². The van der Waals surface area contributed by atoms with E-state index in [1.165, 1.54) is 0 Å². The Balaban J connectivity index is 2.05. The first-order chi connectivity index (χ1) is 10.1. The number of para-hydroxylation sites is 3. The third-order valence-electron chi connectivity index (χ3n) is 3.28. The topological polar surface area (TPSA) is 53.1 Å². The van der Waals surface area contributed by atoms with Gasteiger partial charge in [-0.15, -0.1) is 0 Å². The summed E-state index contributed by atoms with van der Waals surface area (Å²) < 4.78 is 7.75. The molecule has 0 saturated heterocycles. The van der Waals surface area contributed by atoms with E-state index >= 15 is 0 Å². The Labute approximate surface area is 123 Å². The molecule has 2 aromatic carbocycles. The van der Waals surface area contributed by atoms with Crippen LogP contribution in [-0.2, 0) is 0 Å². The van der Waals surface area contributed by atoms with E-state index in [4.69, 9.17) is 10.5 Å². The average molecular weight is 279 g/mol. The lowest BCUT2D eigenvalue weighted by atomic mass is 10.2. The van der Waals surface area contributed by atoms with E-state index < -0.39 is 0 Å². The SMILES string of the molecule is Cc1cc(Oc2ccccc2N)n(-c2ccccc2C)n1. The Kier molecular flexibility index (Phi) is 3.36. The Morgan fingerprint density at radius 1 is 1.00 bits per heavy atom. The van der Waals surface area contributed by atoms with Gasteiger partial charge in [-0.3, -0.25) is 0 Å². The van der Waals surface area contributed by atoms with Crippen LogP contribution in [0.25, 0.3) is 5.69 Å². The first kappa shape index (κ1) is 13.2. The Morgan fingerprint density at radius 2 is 1.71 bits per heavy atom. The molecule has 1 heterocycles. The summed E-state index contributed by atoms with van der Waals surface area (Å²) in [5.41, 5.74) is 9.56. The highest BCUT2D eigenvalue weighted by atomic mass is 16.5. The molecule has 2 N–H and O–H groups in total. The van der Waals surface area contributed by atoms with Gasteiger partial charge in [0.25, 0.3) is 0 Å². The molecule has 3 rings (SSSR count). The molecule has 21 heavy (non-hydrogen) atoms. The molecule has 0 spiro atoms. The van der Waals surface area contributed by atoms with Crippen molar-refractivity contribution in [3.05, 3.63) is 65.9 Å². The van der Waals surface area contributed by atoms with E-state index in [1.807, 2.05) is 68.4 Å². The molecule has 0 aliphatic rings. The van der Waals surface area contributed by atoms with Crippen molar-refractivity contribution in [3.63, 3.8) is 0 Å². The van der Waals surface area contributed by atoms with E-state index in [-0.39, 0.29) is 0 Å². The number of nitrogens with zero attached hydrogens (tertiary/aromatic N) is 2. The average Bonchev–Trinajstić information content (AvgIpc) is 2.82. The second kappa shape index (κ2) is 5.32. The Hall–Kier alpha value is -2.75. The van der Waals surface area contributed by atoms with Gasteiger partial charge in [0.05, 0.1) is 17.1 Å². The van der Waals surface area contributed by atoms with E-state index in [0.29, 0.717) is 17.3 Å². The predicted octanol–water partition coefficient (Wildman–Crippen LogP) is 3.86. The summed E-state index contributed by atoms with van der Waals surface area (Å²) in [5.74, 6) is 1.28. The Morgan fingerprint density at radius 3 is 2.48 bits per heavy atom. The lowest BCUT2D eigenvalue weighted by Gasteiger charge is -2.12. The second-order valence-corrected chi connectivity index (χ2v) is 4.96. The van der Waals surface area contributed by atoms with Gasteiger partial charge >= 0.3 is 0 Å². The van der Waals surface area contributed by atoms with Gasteiger partial charge in [-0.1, -0.05) is 30.3 Å². The third-order valence-corrected chi connectivity index (χ3v) is 3.28. The molecule has 0 fully saturated rings. The van der Waals surface area contributed by atoms with Crippen molar-refractivity contribution in [2.24, 2.45) is 0 Å². The maximum absolute atomic E-state index is 5.95. The lowest BCUT2D eigenvalue weighted by Crippen LogP contribution is -2.02. The van der Waals surface area contributed by atoms with Gasteiger partial charge in [0.1, 0.15) is 0 Å². The van der Waals surface area contributed by atoms with Gasteiger partial charge in [0.2, 0.25) is 5.88 Å². The maximum atomic E-state index is 5.95. The van der Waals surface area contributed by atoms with Crippen molar-refractivity contribution in [2.75, 3.05) is 5.73 Å². The van der Waals surface area contributed by atoms with Crippen molar-refractivity contribution < 1.29 is 4.74 Å². The molecule has 0 aliphatic carbocycles. The number of rotatable bonds is 3. The highest BCUT2D eigenvalue weighted by molar-refractivity contribution is 5.53. The zero-order valence-electron chi connectivity index (χ0n) is 12.1. The molecule has 0 saturated carbocycles. The summed E-state index contributed by atoms with van der Waals surface area (Å²) in [4.78, 5) is 0. The zero-order valence-corrected chi connectivity index (χ0v) is 12.1. The summed E-state index contributed by atoms with van der Waals surface area (Å²) in [6, 6.07) is 17.4. The van der Waals surface area contributed by atoms with Crippen LogP contribution in [0.4, 0.5) is 5.69 Å². The normalized spacial score (nSPS) is 10.6. The molecular formula is C17H17N3O. The molecule has 0 atom stereocenters. The minimum Gasteiger partial charge on any atom is -0.437 e. The monoisotopic (exact) mass is 279 g/mol. The number of aromatic nitrogens is 2. The van der Waals surface area contributed by atoms with E-state index in [2.05, 4.69) is 5.10 Å². The number of nitrogen functional groups attached to an aromatic ring is 1. The van der Waals surface area contributed by atoms with Crippen LogP contribution in [0.3, 0.4) is 0 Å². The summed E-state index contributed by atoms with van der Waals surface area (Å²) in [7, 11) is 0. The molecule has 0 aliphatic heterocycles. The molecule has 0 unspecified atom stereocenters. The highest BCUT2D eigenvalue weighted by Gasteiger charge is 2.12. The fourth-order valence-electron chi connectivity index (χ4n) is 2.21. The zero-order chi connectivity index (χ0) is 14.8. The van der Waals surface area contributed by atoms with Gasteiger partial charge in [-0.05, 0) is 37.6 Å². The van der Waals surface area contributed by atoms with Crippen LogP contribution in [-0.4, -0.2) is 9.78 Å². The van der Waals surface area contributed by atoms with Crippen molar-refractivity contribution in [1.29, 1.82) is 0 Å². The van der Waals surface area contributed by atoms with Crippen molar-refractivity contribution in [1.82, 2.24) is 9.78 Å². The number of hydrogen-bond acceptors (Lipinski definition) is 3. The molecule has 1 aromatic heterocycles. The van der Waals surface area contributed by atoms with Crippen molar-refractivity contribution >= 4 is 5.69 Å². The van der Waals surface area contributed by atoms with Gasteiger partial charge in [-0.2, -0.15) is 5.10 Å². The summed E-state index contributed by atoms with van der Waals surface area (Å²) >= 11 is 0. The lowest BCUT2D eigenvalue weighted by molar-refractivity contribution is 0.446. The van der Waals surface area contributed by atoms with Gasteiger partial charge in [0, 0.05) is 6.07 Å². The first-order valence-electron chi connectivity index (χ1n) is 6.80. The van der Waals surface area contributed by atoms with Crippen LogP contribution in [0, 0.1) is 13.8 Å². The van der Waals surface area contributed by atoms with Crippen LogP contribution >= 0.6 is 0 Å². The maximum Gasteiger partial charge on any atom is 0.222 e. The van der Waals surface area contributed by atoms with E-state index in [1.54, 1.807) is 4.68 Å². The molecule has 3 aromatic rings. The molecule has 0 amide bonds. The quantitative estimate of drug-likeness (QED) is 0.741. The molecular weight excluding hydrogens is 262 g/mol. The number of ether oxygens (including phenoxy) is 1. The van der Waals surface area contributed by atoms with Crippen LogP contribution < -0.4 is 10.5 Å². The fourth-order valence-corrected chi connectivity index (χ4v) is 2.21. The van der Waals surface area contributed by atoms with E-state index in [0.717, 1.165) is 16.9 Å². The summed E-state index contributed by atoms with van der Waals surface area (Å²) in [5, 5.41) is 4.52. The largest absolute Gasteiger partial charge is 0.437 e. The highest BCUT2D eigenvalue weighted by Crippen LogP contribution is 2.29. The van der Waals surface area contributed by atoms with Crippen LogP contribution in [0.1, 0.15) is 11.3 Å². The van der Waals surface area contributed by atoms with E-state index in [9.17, 15) is 0 Å². The Bertz CT molecular complexity index is 777. The number of anilines is 1. The van der Waals surface area contributed by atoms with Gasteiger partial charge < -0.3 is 10.5 Å². The van der Waals surface area contributed by atoms with Crippen molar-refractivity contribution in [3.8, 4) is 17.3 Å². The van der Waals surface area contributed by atoms with Crippen LogP contribution in [0.5, 0.6) is 11.6 Å². The standard InChI is InChI=1S/C17H17N3O/c1-12-7-3-5-9-15(12)20-17(11-13(2)19-20)21-16-10-6-4-8-14(16)18/h3-11H,18H2,1-2H3. The first-order valence-corrected chi connectivity index (χ1v) is 6.80. The molecule has 0 bridgehead atoms. The van der Waals surface area contributed by atoms with Crippen molar-refractivity contribution in [2.45, 2.75) is 13.8 Å². The number of benzene rings is 2. The molecule has 0 radical (unpaired) electrons. The van der Waals surface area contributed by atoms with Gasteiger partial charge in [0.15, 0.2) is 5.75 Å². The number of hydrogen-bond donors (Lipinski definition) is 1. The fraction of sp³-hybridized carbons (Fsp3) is 0.118. The number of aryl methyl sites for hydroxylation is 2. The third kappa shape index (κ3) is 2.60. The number of nitrogens with two attached hydrogens (primary N) is 1. The van der Waals surface area contributed by atoms with Gasteiger partial charge in [-0.25, -0.2) is 4.68 Å².